The Morgan fingerprint density at radius 2 is 1.73 bits per heavy atom. The molecule has 0 unspecified atom stereocenters. The second-order valence-corrected chi connectivity index (χ2v) is 9.06. The number of esters is 1. The zero-order valence-electron chi connectivity index (χ0n) is 18.7. The Hall–Kier alpha value is -2.57. The lowest BCUT2D eigenvalue weighted by Gasteiger charge is -2.25. The van der Waals surface area contributed by atoms with Gasteiger partial charge in [-0.1, -0.05) is 26.0 Å². The maximum absolute atomic E-state index is 13.0. The summed E-state index contributed by atoms with van der Waals surface area (Å²) in [5, 5.41) is 2.88. The molecule has 0 saturated carbocycles. The van der Waals surface area contributed by atoms with Crippen LogP contribution in [0.2, 0.25) is 0 Å². The predicted molar refractivity (Wildman–Crippen MR) is 114 cm³/mol. The van der Waals surface area contributed by atoms with E-state index in [1.807, 2.05) is 18.7 Å². The topological polar surface area (TPSA) is 84.9 Å². The van der Waals surface area contributed by atoms with Gasteiger partial charge in [0, 0.05) is 13.1 Å². The minimum absolute atomic E-state index is 0.0401. The molecule has 0 aromatic heterocycles. The van der Waals surface area contributed by atoms with Crippen molar-refractivity contribution in [3.05, 3.63) is 29.8 Å². The molecule has 1 aliphatic heterocycles. The van der Waals surface area contributed by atoms with E-state index in [1.54, 1.807) is 45.0 Å². The molecule has 0 aliphatic carbocycles. The first-order valence-electron chi connectivity index (χ1n) is 10.6. The van der Waals surface area contributed by atoms with Gasteiger partial charge < -0.3 is 19.7 Å². The monoisotopic (exact) mass is 418 g/mol. The number of hydrogen-bond donors (Lipinski definition) is 1. The van der Waals surface area contributed by atoms with Gasteiger partial charge in [-0.3, -0.25) is 9.59 Å². The molecule has 1 saturated heterocycles. The first kappa shape index (κ1) is 23.7. The van der Waals surface area contributed by atoms with Gasteiger partial charge in [0.2, 0.25) is 5.91 Å². The van der Waals surface area contributed by atoms with Crippen LogP contribution in [0.15, 0.2) is 24.3 Å². The molecule has 7 heteroatoms. The van der Waals surface area contributed by atoms with Crippen LogP contribution in [-0.2, 0) is 14.3 Å². The summed E-state index contributed by atoms with van der Waals surface area (Å²) in [6.07, 6.45) is 2.55. The SMILES string of the molecule is CC(C)C[C@@H](NC(=O)c1ccccc1OCC(=O)OC(C)(C)C)C(=O)N1CCCC1. The first-order chi connectivity index (χ1) is 14.1. The lowest BCUT2D eigenvalue weighted by molar-refractivity contribution is -0.157. The van der Waals surface area contributed by atoms with Crippen molar-refractivity contribution in [1.82, 2.24) is 10.2 Å². The van der Waals surface area contributed by atoms with E-state index < -0.39 is 23.5 Å². The third-order valence-corrected chi connectivity index (χ3v) is 4.63. The fourth-order valence-corrected chi connectivity index (χ4v) is 3.37. The van der Waals surface area contributed by atoms with Crippen LogP contribution in [-0.4, -0.2) is 54.0 Å². The van der Waals surface area contributed by atoms with Gasteiger partial charge in [-0.05, 0) is 58.1 Å². The van der Waals surface area contributed by atoms with Crippen molar-refractivity contribution in [2.75, 3.05) is 19.7 Å². The van der Waals surface area contributed by atoms with E-state index in [2.05, 4.69) is 5.32 Å². The zero-order chi connectivity index (χ0) is 22.3. The fourth-order valence-electron chi connectivity index (χ4n) is 3.37. The normalized spacial score (nSPS) is 15.1. The van der Waals surface area contributed by atoms with Crippen molar-refractivity contribution in [1.29, 1.82) is 0 Å². The van der Waals surface area contributed by atoms with E-state index in [4.69, 9.17) is 9.47 Å². The van der Waals surface area contributed by atoms with Crippen LogP contribution in [0.5, 0.6) is 5.75 Å². The number of nitrogens with one attached hydrogen (secondary N) is 1. The number of ether oxygens (including phenoxy) is 2. The van der Waals surface area contributed by atoms with Crippen LogP contribution >= 0.6 is 0 Å². The minimum atomic E-state index is -0.614. The number of likely N-dealkylation sites (tertiary alicyclic amines) is 1. The Morgan fingerprint density at radius 1 is 1.10 bits per heavy atom. The number of amides is 2. The van der Waals surface area contributed by atoms with Crippen molar-refractivity contribution in [2.45, 2.75) is 65.5 Å². The van der Waals surface area contributed by atoms with Gasteiger partial charge in [0.05, 0.1) is 5.56 Å². The molecule has 1 atom stereocenters. The lowest BCUT2D eigenvalue weighted by Crippen LogP contribution is -2.48. The molecule has 0 radical (unpaired) electrons. The average molecular weight is 419 g/mol. The zero-order valence-corrected chi connectivity index (χ0v) is 18.7. The van der Waals surface area contributed by atoms with Gasteiger partial charge in [-0.2, -0.15) is 0 Å². The molecule has 166 valence electrons. The molecule has 2 rings (SSSR count). The Labute approximate surface area is 179 Å². The van der Waals surface area contributed by atoms with Gasteiger partial charge in [-0.25, -0.2) is 4.79 Å². The molecule has 1 fully saturated rings. The molecule has 30 heavy (non-hydrogen) atoms. The van der Waals surface area contributed by atoms with E-state index in [0.717, 1.165) is 25.9 Å². The van der Waals surface area contributed by atoms with Crippen LogP contribution in [0.25, 0.3) is 0 Å². The Bertz CT molecular complexity index is 748. The van der Waals surface area contributed by atoms with Gasteiger partial charge >= 0.3 is 5.97 Å². The molecule has 7 nitrogen and oxygen atoms in total. The molecule has 1 aromatic rings. The molecule has 1 aromatic carbocycles. The highest BCUT2D eigenvalue weighted by atomic mass is 16.6. The molecule has 1 aliphatic rings. The smallest absolute Gasteiger partial charge is 0.344 e. The summed E-state index contributed by atoms with van der Waals surface area (Å²) in [5.74, 6) is -0.424. The maximum Gasteiger partial charge on any atom is 0.344 e. The van der Waals surface area contributed by atoms with E-state index in [9.17, 15) is 14.4 Å². The molecule has 0 spiro atoms. The van der Waals surface area contributed by atoms with Crippen molar-refractivity contribution in [2.24, 2.45) is 5.92 Å². The fraction of sp³-hybridized carbons (Fsp3) is 0.609. The second kappa shape index (κ2) is 10.5. The minimum Gasteiger partial charge on any atom is -0.481 e. The van der Waals surface area contributed by atoms with E-state index in [1.165, 1.54) is 0 Å². The van der Waals surface area contributed by atoms with Gasteiger partial charge in [0.15, 0.2) is 6.61 Å². The summed E-state index contributed by atoms with van der Waals surface area (Å²) in [4.78, 5) is 39.6. The summed E-state index contributed by atoms with van der Waals surface area (Å²) in [7, 11) is 0. The Morgan fingerprint density at radius 3 is 2.33 bits per heavy atom. The highest BCUT2D eigenvalue weighted by Crippen LogP contribution is 2.20. The van der Waals surface area contributed by atoms with Gasteiger partial charge in [0.1, 0.15) is 17.4 Å². The lowest BCUT2D eigenvalue weighted by atomic mass is 10.0. The van der Waals surface area contributed by atoms with Gasteiger partial charge in [0.25, 0.3) is 5.91 Å². The van der Waals surface area contributed by atoms with E-state index in [0.29, 0.717) is 6.42 Å². The number of hydrogen-bond acceptors (Lipinski definition) is 5. The van der Waals surface area contributed by atoms with Crippen LogP contribution in [0.3, 0.4) is 0 Å². The van der Waals surface area contributed by atoms with Crippen LogP contribution in [0, 0.1) is 5.92 Å². The predicted octanol–water partition coefficient (Wildman–Crippen LogP) is 3.17. The number of para-hydroxylation sites is 1. The van der Waals surface area contributed by atoms with Crippen LogP contribution in [0.4, 0.5) is 0 Å². The quantitative estimate of drug-likeness (QED) is 0.656. The summed E-state index contributed by atoms with van der Waals surface area (Å²) in [6, 6.07) is 6.09. The highest BCUT2D eigenvalue weighted by molar-refractivity contribution is 5.99. The Kier molecular flexibility index (Phi) is 8.26. The summed E-state index contributed by atoms with van der Waals surface area (Å²) in [6.45, 7) is 10.5. The number of rotatable bonds is 8. The second-order valence-electron chi connectivity index (χ2n) is 9.06. The van der Waals surface area contributed by atoms with Crippen molar-refractivity contribution >= 4 is 17.8 Å². The maximum atomic E-state index is 13.0. The summed E-state index contributed by atoms with van der Waals surface area (Å²) < 4.78 is 10.8. The highest BCUT2D eigenvalue weighted by Gasteiger charge is 2.29. The molecule has 2 amide bonds. The number of benzene rings is 1. The molecular weight excluding hydrogens is 384 g/mol. The van der Waals surface area contributed by atoms with Crippen molar-refractivity contribution in [3.63, 3.8) is 0 Å². The molecule has 0 bridgehead atoms. The van der Waals surface area contributed by atoms with Crippen molar-refractivity contribution in [3.8, 4) is 5.75 Å². The van der Waals surface area contributed by atoms with Crippen LogP contribution < -0.4 is 10.1 Å². The largest absolute Gasteiger partial charge is 0.481 e. The number of carbonyl (C=O) groups excluding carboxylic acids is 3. The number of carbonyl (C=O) groups is 3. The Balaban J connectivity index is 2.08. The third kappa shape index (κ3) is 7.35. The van der Waals surface area contributed by atoms with E-state index in [-0.39, 0.29) is 29.7 Å². The summed E-state index contributed by atoms with van der Waals surface area (Å²) >= 11 is 0. The molecule has 1 heterocycles. The first-order valence-corrected chi connectivity index (χ1v) is 10.6. The number of nitrogens with zero attached hydrogens (tertiary/aromatic N) is 1. The average Bonchev–Trinajstić information content (AvgIpc) is 3.18. The molecular formula is C23H34N2O5. The van der Waals surface area contributed by atoms with E-state index >= 15 is 0 Å². The standard InChI is InChI=1S/C23H34N2O5/c1-16(2)14-18(22(28)25-12-8-9-13-25)24-21(27)17-10-6-7-11-19(17)29-15-20(26)30-23(3,4)5/h6-7,10-11,16,18H,8-9,12-15H2,1-5H3,(H,24,27)/t18-/m1/s1. The van der Waals surface area contributed by atoms with Crippen molar-refractivity contribution < 1.29 is 23.9 Å². The molecule has 1 N–H and O–H groups in total. The van der Waals surface area contributed by atoms with Gasteiger partial charge in [-0.15, -0.1) is 0 Å². The summed E-state index contributed by atoms with van der Waals surface area (Å²) in [5.41, 5.74) is -0.332. The van der Waals surface area contributed by atoms with Crippen LogP contribution in [0.1, 0.15) is 64.2 Å². The third-order valence-electron chi connectivity index (χ3n) is 4.63.